The molecule has 0 aromatic heterocycles. The van der Waals surface area contributed by atoms with Crippen molar-refractivity contribution in [1.29, 1.82) is 0 Å². The molecular formula is C14H30N2O. The summed E-state index contributed by atoms with van der Waals surface area (Å²) in [6.45, 7) is 11.3. The molecular weight excluding hydrogens is 212 g/mol. The molecule has 1 rings (SSSR count). The van der Waals surface area contributed by atoms with Gasteiger partial charge in [0, 0.05) is 31.8 Å². The van der Waals surface area contributed by atoms with Crippen molar-refractivity contribution in [3.8, 4) is 0 Å². The van der Waals surface area contributed by atoms with Gasteiger partial charge in [-0.3, -0.25) is 4.90 Å². The van der Waals surface area contributed by atoms with E-state index < -0.39 is 0 Å². The third-order valence-electron chi connectivity index (χ3n) is 4.52. The zero-order chi connectivity index (χ0) is 13.0. The van der Waals surface area contributed by atoms with E-state index in [-0.39, 0.29) is 0 Å². The van der Waals surface area contributed by atoms with Gasteiger partial charge in [0.15, 0.2) is 0 Å². The molecule has 1 aliphatic heterocycles. The van der Waals surface area contributed by atoms with Crippen LogP contribution in [0.15, 0.2) is 0 Å². The van der Waals surface area contributed by atoms with Crippen molar-refractivity contribution >= 4 is 0 Å². The topological polar surface area (TPSA) is 24.5 Å². The Balaban J connectivity index is 2.70. The van der Waals surface area contributed by atoms with Crippen LogP contribution in [-0.4, -0.2) is 50.3 Å². The van der Waals surface area contributed by atoms with Gasteiger partial charge in [-0.05, 0) is 32.2 Å². The van der Waals surface area contributed by atoms with Crippen molar-refractivity contribution < 1.29 is 4.74 Å². The van der Waals surface area contributed by atoms with Crippen LogP contribution in [0.2, 0.25) is 0 Å². The normalized spacial score (nSPS) is 33.0. The van der Waals surface area contributed by atoms with Crippen LogP contribution in [-0.2, 0) is 4.74 Å². The monoisotopic (exact) mass is 242 g/mol. The van der Waals surface area contributed by atoms with Crippen molar-refractivity contribution in [1.82, 2.24) is 10.2 Å². The molecule has 4 atom stereocenters. The summed E-state index contributed by atoms with van der Waals surface area (Å²) in [5.41, 5.74) is 0. The number of ether oxygens (including phenoxy) is 1. The lowest BCUT2D eigenvalue weighted by atomic mass is 9.85. The first kappa shape index (κ1) is 14.9. The highest BCUT2D eigenvalue weighted by Gasteiger charge is 2.35. The van der Waals surface area contributed by atoms with E-state index in [1.807, 2.05) is 7.11 Å². The average molecular weight is 242 g/mol. The highest BCUT2D eigenvalue weighted by Crippen LogP contribution is 2.27. The van der Waals surface area contributed by atoms with Gasteiger partial charge in [-0.15, -0.1) is 0 Å². The average Bonchev–Trinajstić information content (AvgIpc) is 2.30. The Morgan fingerprint density at radius 3 is 2.47 bits per heavy atom. The highest BCUT2D eigenvalue weighted by atomic mass is 16.5. The Morgan fingerprint density at radius 2 is 2.00 bits per heavy atom. The first-order valence-corrected chi connectivity index (χ1v) is 6.94. The molecule has 0 radical (unpaired) electrons. The summed E-state index contributed by atoms with van der Waals surface area (Å²) >= 11 is 0. The lowest BCUT2D eigenvalue weighted by molar-refractivity contribution is -0.00519. The van der Waals surface area contributed by atoms with Gasteiger partial charge in [-0.25, -0.2) is 0 Å². The van der Waals surface area contributed by atoms with E-state index in [1.54, 1.807) is 0 Å². The largest absolute Gasteiger partial charge is 0.383 e. The molecule has 102 valence electrons. The molecule has 0 aliphatic carbocycles. The lowest BCUT2D eigenvalue weighted by Gasteiger charge is -2.47. The molecule has 0 bridgehead atoms. The maximum Gasteiger partial charge on any atom is 0.0620 e. The Labute approximate surface area is 107 Å². The predicted molar refractivity (Wildman–Crippen MR) is 73.3 cm³/mol. The third kappa shape index (κ3) is 3.43. The molecule has 1 saturated heterocycles. The number of nitrogens with zero attached hydrogens (tertiary/aromatic N) is 1. The first-order chi connectivity index (χ1) is 8.02. The van der Waals surface area contributed by atoms with Crippen molar-refractivity contribution in [3.05, 3.63) is 0 Å². The number of methoxy groups -OCH3 is 1. The van der Waals surface area contributed by atoms with E-state index >= 15 is 0 Å². The minimum absolute atomic E-state index is 0.551. The fourth-order valence-electron chi connectivity index (χ4n) is 3.11. The van der Waals surface area contributed by atoms with Gasteiger partial charge < -0.3 is 10.1 Å². The highest BCUT2D eigenvalue weighted by molar-refractivity contribution is 4.91. The van der Waals surface area contributed by atoms with Crippen LogP contribution < -0.4 is 5.32 Å². The van der Waals surface area contributed by atoms with Crippen LogP contribution >= 0.6 is 0 Å². The van der Waals surface area contributed by atoms with E-state index in [0.29, 0.717) is 30.0 Å². The maximum absolute atomic E-state index is 5.40. The molecule has 3 nitrogen and oxygen atoms in total. The van der Waals surface area contributed by atoms with E-state index in [9.17, 15) is 0 Å². The Hall–Kier alpha value is -0.120. The molecule has 0 aromatic rings. The van der Waals surface area contributed by atoms with Crippen molar-refractivity contribution in [2.75, 3.05) is 27.3 Å². The molecule has 1 aliphatic rings. The van der Waals surface area contributed by atoms with Crippen LogP contribution in [0.5, 0.6) is 0 Å². The van der Waals surface area contributed by atoms with Gasteiger partial charge in [-0.2, -0.15) is 0 Å². The summed E-state index contributed by atoms with van der Waals surface area (Å²) in [7, 11) is 3.89. The second-order valence-corrected chi connectivity index (χ2v) is 5.79. The second-order valence-electron chi connectivity index (χ2n) is 5.79. The zero-order valence-corrected chi connectivity index (χ0v) is 12.4. The van der Waals surface area contributed by atoms with Gasteiger partial charge in [0.25, 0.3) is 0 Å². The van der Waals surface area contributed by atoms with Crippen molar-refractivity contribution in [3.63, 3.8) is 0 Å². The second kappa shape index (κ2) is 6.72. The molecule has 1 fully saturated rings. The van der Waals surface area contributed by atoms with E-state index in [0.717, 1.165) is 6.61 Å². The fourth-order valence-corrected chi connectivity index (χ4v) is 3.11. The van der Waals surface area contributed by atoms with Gasteiger partial charge in [-0.1, -0.05) is 20.8 Å². The summed E-state index contributed by atoms with van der Waals surface area (Å²) in [6, 6.07) is 1.84. The number of hydrogen-bond acceptors (Lipinski definition) is 3. The fraction of sp³-hybridized carbons (Fsp3) is 1.00. The lowest BCUT2D eigenvalue weighted by Crippen LogP contribution is -2.57. The molecule has 4 unspecified atom stereocenters. The standard InChI is InChI=1S/C14H30N2O/c1-10(2)14(9-17-6)16-8-7-13(15-5)11(3)12(16)4/h10-15H,7-9H2,1-6H3. The van der Waals surface area contributed by atoms with Crippen molar-refractivity contribution in [2.24, 2.45) is 11.8 Å². The molecule has 0 amide bonds. The van der Waals surface area contributed by atoms with E-state index in [2.05, 4.69) is 45.0 Å². The number of rotatable bonds is 5. The van der Waals surface area contributed by atoms with E-state index in [4.69, 9.17) is 4.74 Å². The van der Waals surface area contributed by atoms with Crippen LogP contribution in [0.1, 0.15) is 34.1 Å². The van der Waals surface area contributed by atoms with Crippen LogP contribution in [0.25, 0.3) is 0 Å². The molecule has 17 heavy (non-hydrogen) atoms. The van der Waals surface area contributed by atoms with Crippen LogP contribution in [0, 0.1) is 11.8 Å². The SMILES string of the molecule is CNC1CCN(C(COC)C(C)C)C(C)C1C. The van der Waals surface area contributed by atoms with Gasteiger partial charge in [0.2, 0.25) is 0 Å². The molecule has 1 heterocycles. The number of likely N-dealkylation sites (tertiary alicyclic amines) is 1. The van der Waals surface area contributed by atoms with Gasteiger partial charge in [0.05, 0.1) is 6.61 Å². The quantitative estimate of drug-likeness (QED) is 0.798. The summed E-state index contributed by atoms with van der Waals surface area (Å²) in [6.07, 6.45) is 1.24. The Morgan fingerprint density at radius 1 is 1.35 bits per heavy atom. The summed E-state index contributed by atoms with van der Waals surface area (Å²) in [4.78, 5) is 2.65. The first-order valence-electron chi connectivity index (χ1n) is 6.94. The van der Waals surface area contributed by atoms with Gasteiger partial charge >= 0.3 is 0 Å². The predicted octanol–water partition coefficient (Wildman–Crippen LogP) is 1.98. The maximum atomic E-state index is 5.40. The molecule has 3 heteroatoms. The molecule has 0 saturated carbocycles. The summed E-state index contributed by atoms with van der Waals surface area (Å²) < 4.78 is 5.40. The van der Waals surface area contributed by atoms with Crippen molar-refractivity contribution in [2.45, 2.75) is 52.2 Å². The minimum atomic E-state index is 0.551. The zero-order valence-electron chi connectivity index (χ0n) is 12.4. The van der Waals surface area contributed by atoms with Crippen LogP contribution in [0.3, 0.4) is 0 Å². The number of nitrogens with one attached hydrogen (secondary N) is 1. The number of piperidine rings is 1. The molecule has 0 spiro atoms. The summed E-state index contributed by atoms with van der Waals surface area (Å²) in [5.74, 6) is 1.35. The molecule has 0 aromatic carbocycles. The van der Waals surface area contributed by atoms with Gasteiger partial charge in [0.1, 0.15) is 0 Å². The summed E-state index contributed by atoms with van der Waals surface area (Å²) in [5, 5.41) is 3.45. The molecule has 1 N–H and O–H groups in total. The smallest absolute Gasteiger partial charge is 0.0620 e. The Kier molecular flexibility index (Phi) is 5.90. The van der Waals surface area contributed by atoms with E-state index in [1.165, 1.54) is 13.0 Å². The van der Waals surface area contributed by atoms with Crippen LogP contribution in [0.4, 0.5) is 0 Å². The third-order valence-corrected chi connectivity index (χ3v) is 4.52. The number of hydrogen-bond donors (Lipinski definition) is 1. The Bertz CT molecular complexity index is 220. The minimum Gasteiger partial charge on any atom is -0.383 e.